The van der Waals surface area contributed by atoms with E-state index in [1.165, 1.54) is 17.8 Å². The first-order valence-corrected chi connectivity index (χ1v) is 9.15. The first-order chi connectivity index (χ1) is 12.5. The Balaban J connectivity index is 1.79. The largest absolute Gasteiger partial charge is 0.361 e. The summed E-state index contributed by atoms with van der Waals surface area (Å²) in [7, 11) is 0. The Hall–Kier alpha value is -2.60. The molecule has 0 saturated heterocycles. The van der Waals surface area contributed by atoms with E-state index >= 15 is 0 Å². The topological polar surface area (TPSA) is 55.1 Å². The number of carbonyl (C=O) groups excluding carboxylic acids is 1. The zero-order chi connectivity index (χ0) is 18.7. The zero-order valence-electron chi connectivity index (χ0n) is 14.8. The molecule has 0 radical (unpaired) electrons. The number of nitrogens with one attached hydrogen (secondary N) is 1. The summed E-state index contributed by atoms with van der Waals surface area (Å²) < 4.78 is 19.2. The van der Waals surface area contributed by atoms with Crippen LogP contribution >= 0.6 is 11.8 Å². The number of aryl methyl sites for hydroxylation is 3. The number of halogens is 1. The predicted molar refractivity (Wildman–Crippen MR) is 101 cm³/mol. The summed E-state index contributed by atoms with van der Waals surface area (Å²) in [5.74, 6) is 0.636. The lowest BCUT2D eigenvalue weighted by atomic mass is 10.2. The second-order valence-electron chi connectivity index (χ2n) is 6.02. The van der Waals surface area contributed by atoms with Gasteiger partial charge in [0.05, 0.1) is 16.9 Å². The molecule has 1 aromatic heterocycles. The average molecular weight is 370 g/mol. The fraction of sp³-hybridized carbons (Fsp3) is 0.200. The van der Waals surface area contributed by atoms with Crippen LogP contribution in [0.4, 0.5) is 10.1 Å². The van der Waals surface area contributed by atoms with Gasteiger partial charge in [-0.2, -0.15) is 0 Å². The van der Waals surface area contributed by atoms with E-state index in [2.05, 4.69) is 10.5 Å². The van der Waals surface area contributed by atoms with Gasteiger partial charge in [0.2, 0.25) is 0 Å². The van der Waals surface area contributed by atoms with Crippen molar-refractivity contribution >= 4 is 23.4 Å². The molecule has 0 unspecified atom stereocenters. The lowest BCUT2D eigenvalue weighted by Gasteiger charge is -2.11. The van der Waals surface area contributed by atoms with Gasteiger partial charge in [0, 0.05) is 16.2 Å². The summed E-state index contributed by atoms with van der Waals surface area (Å²) >= 11 is 1.52. The number of rotatable bonds is 5. The van der Waals surface area contributed by atoms with E-state index in [9.17, 15) is 9.18 Å². The molecule has 134 valence electrons. The van der Waals surface area contributed by atoms with E-state index in [1.54, 1.807) is 31.2 Å². The van der Waals surface area contributed by atoms with Gasteiger partial charge < -0.3 is 9.84 Å². The van der Waals surface area contributed by atoms with Crippen LogP contribution in [0.25, 0.3) is 0 Å². The second-order valence-corrected chi connectivity index (χ2v) is 7.04. The number of nitrogens with zero attached hydrogens (tertiary/aromatic N) is 1. The maximum atomic E-state index is 14.0. The Morgan fingerprint density at radius 3 is 2.65 bits per heavy atom. The lowest BCUT2D eigenvalue weighted by Crippen LogP contribution is -2.14. The second kappa shape index (κ2) is 7.74. The van der Waals surface area contributed by atoms with Gasteiger partial charge in [0.1, 0.15) is 11.6 Å². The quantitative estimate of drug-likeness (QED) is 0.621. The fourth-order valence-corrected chi connectivity index (χ4v) is 3.75. The van der Waals surface area contributed by atoms with E-state index < -0.39 is 5.82 Å². The van der Waals surface area contributed by atoms with Gasteiger partial charge in [-0.15, -0.1) is 11.8 Å². The molecule has 1 N–H and O–H groups in total. The molecule has 6 heteroatoms. The minimum atomic E-state index is -0.445. The molecular weight excluding hydrogens is 351 g/mol. The molecule has 0 aliphatic heterocycles. The Morgan fingerprint density at radius 1 is 1.19 bits per heavy atom. The maximum Gasteiger partial charge on any atom is 0.256 e. The minimum absolute atomic E-state index is 0.172. The highest BCUT2D eigenvalue weighted by Gasteiger charge is 2.15. The van der Waals surface area contributed by atoms with Gasteiger partial charge in [-0.1, -0.05) is 23.4 Å². The standard InChI is InChI=1S/C20H19FN2O2S/c1-12-8-9-18(17(21)10-12)22-20(24)15-6-4-5-7-19(15)26-11-16-13(2)23-25-14(16)3/h4-10H,11H2,1-3H3,(H,22,24). The first-order valence-electron chi connectivity index (χ1n) is 8.17. The van der Waals surface area contributed by atoms with Crippen molar-refractivity contribution in [3.05, 3.63) is 76.4 Å². The van der Waals surface area contributed by atoms with Crippen molar-refractivity contribution in [2.24, 2.45) is 0 Å². The summed E-state index contributed by atoms with van der Waals surface area (Å²) in [4.78, 5) is 13.5. The number of carbonyl (C=O) groups is 1. The van der Waals surface area contributed by atoms with Crippen molar-refractivity contribution in [2.75, 3.05) is 5.32 Å². The van der Waals surface area contributed by atoms with Gasteiger partial charge in [0.15, 0.2) is 0 Å². The van der Waals surface area contributed by atoms with Crippen LogP contribution in [0.1, 0.15) is 32.9 Å². The highest BCUT2D eigenvalue weighted by Crippen LogP contribution is 2.29. The molecule has 2 aromatic carbocycles. The van der Waals surface area contributed by atoms with Crippen molar-refractivity contribution in [3.8, 4) is 0 Å². The molecule has 26 heavy (non-hydrogen) atoms. The molecule has 0 saturated carbocycles. The number of anilines is 1. The van der Waals surface area contributed by atoms with Crippen LogP contribution in [0.5, 0.6) is 0 Å². The summed E-state index contributed by atoms with van der Waals surface area (Å²) in [6.07, 6.45) is 0. The van der Waals surface area contributed by atoms with Crippen molar-refractivity contribution in [1.29, 1.82) is 0 Å². The normalized spacial score (nSPS) is 10.8. The van der Waals surface area contributed by atoms with Gasteiger partial charge in [-0.05, 0) is 50.6 Å². The molecule has 0 atom stereocenters. The highest BCUT2D eigenvalue weighted by atomic mass is 32.2. The summed E-state index contributed by atoms with van der Waals surface area (Å²) in [6.45, 7) is 5.56. The predicted octanol–water partition coefficient (Wildman–Crippen LogP) is 5.28. The fourth-order valence-electron chi connectivity index (χ4n) is 2.55. The first kappa shape index (κ1) is 18.2. The van der Waals surface area contributed by atoms with Crippen molar-refractivity contribution in [2.45, 2.75) is 31.4 Å². The molecule has 0 aliphatic rings. The van der Waals surface area contributed by atoms with E-state index in [0.717, 1.165) is 27.5 Å². The summed E-state index contributed by atoms with van der Waals surface area (Å²) in [6, 6.07) is 12.0. The molecule has 1 heterocycles. The van der Waals surface area contributed by atoms with Gasteiger partial charge >= 0.3 is 0 Å². The van der Waals surface area contributed by atoms with Gasteiger partial charge in [-0.25, -0.2) is 4.39 Å². The number of hydrogen-bond donors (Lipinski definition) is 1. The van der Waals surface area contributed by atoms with Crippen LogP contribution in [0.15, 0.2) is 51.9 Å². The Bertz CT molecular complexity index is 933. The van der Waals surface area contributed by atoms with E-state index in [0.29, 0.717) is 11.3 Å². The zero-order valence-corrected chi connectivity index (χ0v) is 15.6. The van der Waals surface area contributed by atoms with Crippen molar-refractivity contribution in [1.82, 2.24) is 5.16 Å². The van der Waals surface area contributed by atoms with Crippen LogP contribution in [0, 0.1) is 26.6 Å². The van der Waals surface area contributed by atoms with Crippen molar-refractivity contribution < 1.29 is 13.7 Å². The lowest BCUT2D eigenvalue weighted by molar-refractivity contribution is 0.102. The number of benzene rings is 2. The van der Waals surface area contributed by atoms with Crippen LogP contribution in [0.3, 0.4) is 0 Å². The minimum Gasteiger partial charge on any atom is -0.361 e. The monoisotopic (exact) mass is 370 g/mol. The Labute approximate surface area is 155 Å². The molecule has 3 rings (SSSR count). The third kappa shape index (κ3) is 3.96. The molecule has 4 nitrogen and oxygen atoms in total. The molecule has 0 fully saturated rings. The third-order valence-corrected chi connectivity index (χ3v) is 5.16. The van der Waals surface area contributed by atoms with Crippen LogP contribution in [-0.2, 0) is 5.75 Å². The van der Waals surface area contributed by atoms with Crippen LogP contribution in [0.2, 0.25) is 0 Å². The van der Waals surface area contributed by atoms with E-state index in [1.807, 2.05) is 26.0 Å². The van der Waals surface area contributed by atoms with Gasteiger partial charge in [-0.3, -0.25) is 4.79 Å². The molecule has 0 aliphatic carbocycles. The third-order valence-electron chi connectivity index (χ3n) is 4.06. The van der Waals surface area contributed by atoms with Crippen molar-refractivity contribution in [3.63, 3.8) is 0 Å². The molecule has 3 aromatic rings. The van der Waals surface area contributed by atoms with Crippen LogP contribution in [-0.4, -0.2) is 11.1 Å². The Kier molecular flexibility index (Phi) is 5.42. The maximum absolute atomic E-state index is 14.0. The van der Waals surface area contributed by atoms with Crippen LogP contribution < -0.4 is 5.32 Å². The SMILES string of the molecule is Cc1ccc(NC(=O)c2ccccc2SCc2c(C)noc2C)c(F)c1. The summed E-state index contributed by atoms with van der Waals surface area (Å²) in [5.41, 5.74) is 3.35. The molecule has 0 bridgehead atoms. The smallest absolute Gasteiger partial charge is 0.256 e. The van der Waals surface area contributed by atoms with Gasteiger partial charge in [0.25, 0.3) is 5.91 Å². The Morgan fingerprint density at radius 2 is 1.96 bits per heavy atom. The number of amides is 1. The molecular formula is C20H19FN2O2S. The van der Waals surface area contributed by atoms with E-state index in [4.69, 9.17) is 4.52 Å². The summed E-state index contributed by atoms with van der Waals surface area (Å²) in [5, 5.41) is 6.60. The number of aromatic nitrogens is 1. The van der Waals surface area contributed by atoms with E-state index in [-0.39, 0.29) is 11.6 Å². The number of hydrogen-bond acceptors (Lipinski definition) is 4. The molecule has 0 spiro atoms. The molecule has 1 amide bonds. The highest BCUT2D eigenvalue weighted by molar-refractivity contribution is 7.98. The average Bonchev–Trinajstić information content (AvgIpc) is 2.94. The number of thioether (sulfide) groups is 1.